The molecule has 1 heterocycles. The van der Waals surface area contributed by atoms with E-state index in [-0.39, 0.29) is 5.54 Å². The summed E-state index contributed by atoms with van der Waals surface area (Å²) in [6.07, 6.45) is 0. The summed E-state index contributed by atoms with van der Waals surface area (Å²) in [5, 5.41) is 5.62. The SMILES string of the molecule is Cc1sccc1CNC(C)(C)C. The molecule has 1 aromatic heterocycles. The third-order valence-corrected chi connectivity index (χ3v) is 2.66. The Morgan fingerprint density at radius 2 is 2.08 bits per heavy atom. The van der Waals surface area contributed by atoms with E-state index < -0.39 is 0 Å². The van der Waals surface area contributed by atoms with Crippen LogP contribution in [0.3, 0.4) is 0 Å². The molecule has 1 nitrogen and oxygen atoms in total. The Kier molecular flexibility index (Phi) is 2.91. The second kappa shape index (κ2) is 3.58. The van der Waals surface area contributed by atoms with Gasteiger partial charge in [0.1, 0.15) is 0 Å². The van der Waals surface area contributed by atoms with Crippen LogP contribution in [0.1, 0.15) is 31.2 Å². The molecule has 0 aliphatic rings. The van der Waals surface area contributed by atoms with Crippen LogP contribution in [-0.2, 0) is 6.54 Å². The molecule has 0 unspecified atom stereocenters. The van der Waals surface area contributed by atoms with Gasteiger partial charge in [0.2, 0.25) is 0 Å². The predicted octanol–water partition coefficient (Wildman–Crippen LogP) is 2.94. The van der Waals surface area contributed by atoms with Crippen molar-refractivity contribution in [3.8, 4) is 0 Å². The molecule has 12 heavy (non-hydrogen) atoms. The van der Waals surface area contributed by atoms with Crippen LogP contribution < -0.4 is 5.32 Å². The zero-order valence-corrected chi connectivity index (χ0v) is 9.09. The maximum absolute atomic E-state index is 3.47. The van der Waals surface area contributed by atoms with Gasteiger partial charge in [0, 0.05) is 17.0 Å². The molecule has 0 radical (unpaired) electrons. The molecule has 0 fully saturated rings. The largest absolute Gasteiger partial charge is 0.308 e. The van der Waals surface area contributed by atoms with Gasteiger partial charge in [-0.05, 0) is 44.7 Å². The van der Waals surface area contributed by atoms with E-state index in [9.17, 15) is 0 Å². The van der Waals surface area contributed by atoms with Gasteiger partial charge in [0.25, 0.3) is 0 Å². The van der Waals surface area contributed by atoms with E-state index in [1.165, 1.54) is 10.4 Å². The summed E-state index contributed by atoms with van der Waals surface area (Å²) in [6, 6.07) is 2.19. The molecule has 1 rings (SSSR count). The molecule has 1 N–H and O–H groups in total. The van der Waals surface area contributed by atoms with E-state index in [0.29, 0.717) is 0 Å². The van der Waals surface area contributed by atoms with E-state index in [1.807, 2.05) is 11.3 Å². The Bertz CT molecular complexity index is 245. The van der Waals surface area contributed by atoms with Gasteiger partial charge < -0.3 is 5.32 Å². The van der Waals surface area contributed by atoms with E-state index in [2.05, 4.69) is 44.5 Å². The minimum absolute atomic E-state index is 0.217. The highest BCUT2D eigenvalue weighted by Crippen LogP contribution is 2.15. The fourth-order valence-electron chi connectivity index (χ4n) is 0.955. The molecule has 0 saturated carbocycles. The maximum Gasteiger partial charge on any atom is 0.0221 e. The quantitative estimate of drug-likeness (QED) is 0.743. The topological polar surface area (TPSA) is 12.0 Å². The first-order valence-corrected chi connectivity index (χ1v) is 5.15. The second-order valence-electron chi connectivity index (χ2n) is 4.11. The Labute approximate surface area is 78.8 Å². The molecular weight excluding hydrogens is 166 g/mol. The fraction of sp³-hybridized carbons (Fsp3) is 0.600. The lowest BCUT2D eigenvalue weighted by Gasteiger charge is -2.20. The average molecular weight is 183 g/mol. The molecule has 0 atom stereocenters. The summed E-state index contributed by atoms with van der Waals surface area (Å²) >= 11 is 1.81. The van der Waals surface area contributed by atoms with Crippen molar-refractivity contribution in [2.75, 3.05) is 0 Å². The number of rotatable bonds is 2. The molecule has 0 aliphatic carbocycles. The molecule has 0 spiro atoms. The van der Waals surface area contributed by atoms with E-state index >= 15 is 0 Å². The number of hydrogen-bond donors (Lipinski definition) is 1. The maximum atomic E-state index is 3.47. The lowest BCUT2D eigenvalue weighted by molar-refractivity contribution is 0.424. The van der Waals surface area contributed by atoms with E-state index in [0.717, 1.165) is 6.54 Å². The number of nitrogens with one attached hydrogen (secondary N) is 1. The summed E-state index contributed by atoms with van der Waals surface area (Å²) in [5.41, 5.74) is 1.64. The van der Waals surface area contributed by atoms with Crippen molar-refractivity contribution in [2.45, 2.75) is 39.8 Å². The van der Waals surface area contributed by atoms with Gasteiger partial charge in [-0.1, -0.05) is 0 Å². The minimum Gasteiger partial charge on any atom is -0.308 e. The number of hydrogen-bond acceptors (Lipinski definition) is 2. The van der Waals surface area contributed by atoms with Crippen LogP contribution >= 0.6 is 11.3 Å². The van der Waals surface area contributed by atoms with Gasteiger partial charge >= 0.3 is 0 Å². The van der Waals surface area contributed by atoms with Gasteiger partial charge in [0.15, 0.2) is 0 Å². The van der Waals surface area contributed by atoms with Crippen molar-refractivity contribution in [3.63, 3.8) is 0 Å². The molecular formula is C10H17NS. The highest BCUT2D eigenvalue weighted by Gasteiger charge is 2.09. The van der Waals surface area contributed by atoms with Gasteiger partial charge in [-0.25, -0.2) is 0 Å². The smallest absolute Gasteiger partial charge is 0.0221 e. The van der Waals surface area contributed by atoms with E-state index in [1.54, 1.807) is 0 Å². The first kappa shape index (κ1) is 9.75. The normalized spacial score (nSPS) is 12.0. The second-order valence-corrected chi connectivity index (χ2v) is 5.23. The number of aryl methyl sites for hydroxylation is 1. The van der Waals surface area contributed by atoms with Gasteiger partial charge in [-0.3, -0.25) is 0 Å². The van der Waals surface area contributed by atoms with Crippen LogP contribution in [0.2, 0.25) is 0 Å². The standard InChI is InChI=1S/C10H17NS/c1-8-9(5-6-12-8)7-11-10(2,3)4/h5-6,11H,7H2,1-4H3. The summed E-state index contributed by atoms with van der Waals surface area (Å²) in [4.78, 5) is 1.42. The molecule has 0 aliphatic heterocycles. The van der Waals surface area contributed by atoms with Gasteiger partial charge in [0.05, 0.1) is 0 Å². The molecule has 0 aromatic carbocycles. The Hall–Kier alpha value is -0.340. The minimum atomic E-state index is 0.217. The van der Waals surface area contributed by atoms with Crippen molar-refractivity contribution in [2.24, 2.45) is 0 Å². The summed E-state index contributed by atoms with van der Waals surface area (Å²) < 4.78 is 0. The van der Waals surface area contributed by atoms with Crippen LogP contribution in [0.4, 0.5) is 0 Å². The van der Waals surface area contributed by atoms with Gasteiger partial charge in [-0.15, -0.1) is 11.3 Å². The Morgan fingerprint density at radius 1 is 1.42 bits per heavy atom. The predicted molar refractivity (Wildman–Crippen MR) is 55.6 cm³/mol. The summed E-state index contributed by atoms with van der Waals surface area (Å²) in [7, 11) is 0. The molecule has 0 bridgehead atoms. The average Bonchev–Trinajstić information content (AvgIpc) is 2.29. The monoisotopic (exact) mass is 183 g/mol. The lowest BCUT2D eigenvalue weighted by Crippen LogP contribution is -2.35. The summed E-state index contributed by atoms with van der Waals surface area (Å²) in [6.45, 7) is 9.72. The third kappa shape index (κ3) is 2.95. The van der Waals surface area contributed by atoms with E-state index in [4.69, 9.17) is 0 Å². The van der Waals surface area contributed by atoms with Crippen LogP contribution in [-0.4, -0.2) is 5.54 Å². The molecule has 1 aromatic rings. The number of thiophene rings is 1. The van der Waals surface area contributed by atoms with Crippen LogP contribution in [0.15, 0.2) is 11.4 Å². The molecule has 2 heteroatoms. The first-order valence-electron chi connectivity index (χ1n) is 4.27. The first-order chi connectivity index (χ1) is 5.49. The highest BCUT2D eigenvalue weighted by atomic mass is 32.1. The molecule has 0 amide bonds. The Morgan fingerprint density at radius 3 is 2.50 bits per heavy atom. The third-order valence-electron chi connectivity index (χ3n) is 1.78. The van der Waals surface area contributed by atoms with Crippen LogP contribution in [0, 0.1) is 6.92 Å². The highest BCUT2D eigenvalue weighted by molar-refractivity contribution is 7.10. The van der Waals surface area contributed by atoms with Crippen molar-refractivity contribution in [1.29, 1.82) is 0 Å². The van der Waals surface area contributed by atoms with Crippen molar-refractivity contribution >= 4 is 11.3 Å². The van der Waals surface area contributed by atoms with Crippen molar-refractivity contribution < 1.29 is 0 Å². The zero-order valence-electron chi connectivity index (χ0n) is 8.27. The Balaban J connectivity index is 2.49. The fourth-order valence-corrected chi connectivity index (χ4v) is 1.68. The van der Waals surface area contributed by atoms with Crippen molar-refractivity contribution in [3.05, 3.63) is 21.9 Å². The van der Waals surface area contributed by atoms with Crippen molar-refractivity contribution in [1.82, 2.24) is 5.32 Å². The summed E-state index contributed by atoms with van der Waals surface area (Å²) in [5.74, 6) is 0. The van der Waals surface area contributed by atoms with Crippen LogP contribution in [0.25, 0.3) is 0 Å². The molecule has 68 valence electrons. The lowest BCUT2D eigenvalue weighted by atomic mass is 10.1. The molecule has 0 saturated heterocycles. The zero-order chi connectivity index (χ0) is 9.19. The van der Waals surface area contributed by atoms with Crippen LogP contribution in [0.5, 0.6) is 0 Å². The van der Waals surface area contributed by atoms with Gasteiger partial charge in [-0.2, -0.15) is 0 Å².